The number of phenols is 1. The van der Waals surface area contributed by atoms with Gasteiger partial charge in [-0.3, -0.25) is 0 Å². The Kier molecular flexibility index (Phi) is 3.14. The lowest BCUT2D eigenvalue weighted by Gasteiger charge is -2.05. The lowest BCUT2D eigenvalue weighted by molar-refractivity contribution is 0.471. The third kappa shape index (κ3) is 2.47. The van der Waals surface area contributed by atoms with E-state index in [1.54, 1.807) is 6.07 Å². The van der Waals surface area contributed by atoms with Gasteiger partial charge >= 0.3 is 0 Å². The SMILES string of the molecule is CSc1nc(N)nc(-c2ccc(C)c(O)c2)n1. The van der Waals surface area contributed by atoms with E-state index < -0.39 is 0 Å². The summed E-state index contributed by atoms with van der Waals surface area (Å²) in [6.07, 6.45) is 1.87. The average Bonchev–Trinajstić information content (AvgIpc) is 2.32. The van der Waals surface area contributed by atoms with Crippen molar-refractivity contribution in [1.29, 1.82) is 0 Å². The van der Waals surface area contributed by atoms with Crippen LogP contribution >= 0.6 is 11.8 Å². The second-order valence-corrected chi connectivity index (χ2v) is 4.28. The molecule has 0 atom stereocenters. The molecule has 0 unspecified atom stereocenters. The summed E-state index contributed by atoms with van der Waals surface area (Å²) in [5.74, 6) is 0.865. The summed E-state index contributed by atoms with van der Waals surface area (Å²) >= 11 is 1.39. The van der Waals surface area contributed by atoms with E-state index in [0.29, 0.717) is 11.0 Å². The number of benzene rings is 1. The van der Waals surface area contributed by atoms with Crippen molar-refractivity contribution in [1.82, 2.24) is 15.0 Å². The number of phenolic OH excluding ortho intramolecular Hbond substituents is 1. The molecule has 6 heteroatoms. The molecule has 5 nitrogen and oxygen atoms in total. The number of hydrogen-bond acceptors (Lipinski definition) is 6. The van der Waals surface area contributed by atoms with Crippen molar-refractivity contribution < 1.29 is 5.11 Å². The molecule has 1 heterocycles. The van der Waals surface area contributed by atoms with E-state index in [4.69, 9.17) is 5.73 Å². The van der Waals surface area contributed by atoms with Gasteiger partial charge in [0.1, 0.15) is 5.75 Å². The smallest absolute Gasteiger partial charge is 0.224 e. The van der Waals surface area contributed by atoms with Crippen LogP contribution in [0.25, 0.3) is 11.4 Å². The molecule has 2 aromatic rings. The maximum absolute atomic E-state index is 9.65. The molecule has 0 radical (unpaired) electrons. The Balaban J connectivity index is 2.52. The fourth-order valence-electron chi connectivity index (χ4n) is 1.34. The fourth-order valence-corrected chi connectivity index (χ4v) is 1.70. The maximum atomic E-state index is 9.65. The number of aromatic hydroxyl groups is 1. The van der Waals surface area contributed by atoms with Gasteiger partial charge in [0.05, 0.1) is 0 Å². The summed E-state index contributed by atoms with van der Waals surface area (Å²) in [5, 5.41) is 10.2. The van der Waals surface area contributed by atoms with Gasteiger partial charge in [-0.05, 0) is 24.8 Å². The van der Waals surface area contributed by atoms with Crippen LogP contribution in [0.2, 0.25) is 0 Å². The Morgan fingerprint density at radius 2 is 2.00 bits per heavy atom. The van der Waals surface area contributed by atoms with Crippen molar-refractivity contribution in [3.05, 3.63) is 23.8 Å². The number of rotatable bonds is 2. The molecular weight excluding hydrogens is 236 g/mol. The van der Waals surface area contributed by atoms with E-state index in [1.165, 1.54) is 11.8 Å². The quantitative estimate of drug-likeness (QED) is 0.789. The van der Waals surface area contributed by atoms with Crippen molar-refractivity contribution in [2.24, 2.45) is 0 Å². The highest BCUT2D eigenvalue weighted by atomic mass is 32.2. The number of nitrogens with two attached hydrogens (primary N) is 1. The molecule has 0 spiro atoms. The predicted molar refractivity (Wildman–Crippen MR) is 67.9 cm³/mol. The van der Waals surface area contributed by atoms with E-state index in [2.05, 4.69) is 15.0 Å². The molecule has 0 saturated carbocycles. The second kappa shape index (κ2) is 4.58. The lowest BCUT2D eigenvalue weighted by atomic mass is 10.1. The summed E-state index contributed by atoms with van der Waals surface area (Å²) in [5.41, 5.74) is 7.13. The van der Waals surface area contributed by atoms with Gasteiger partial charge in [0, 0.05) is 5.56 Å². The van der Waals surface area contributed by atoms with E-state index in [0.717, 1.165) is 11.1 Å². The zero-order valence-corrected chi connectivity index (χ0v) is 10.3. The van der Waals surface area contributed by atoms with Gasteiger partial charge in [0.2, 0.25) is 5.95 Å². The van der Waals surface area contributed by atoms with Crippen molar-refractivity contribution >= 4 is 17.7 Å². The van der Waals surface area contributed by atoms with Crippen molar-refractivity contribution in [2.75, 3.05) is 12.0 Å². The fraction of sp³-hybridized carbons (Fsp3) is 0.182. The molecule has 0 fully saturated rings. The monoisotopic (exact) mass is 248 g/mol. The minimum Gasteiger partial charge on any atom is -0.508 e. The molecule has 0 saturated heterocycles. The molecule has 1 aromatic heterocycles. The highest BCUT2D eigenvalue weighted by molar-refractivity contribution is 7.98. The van der Waals surface area contributed by atoms with Gasteiger partial charge in [0.25, 0.3) is 0 Å². The van der Waals surface area contributed by atoms with Gasteiger partial charge in [-0.25, -0.2) is 4.98 Å². The van der Waals surface area contributed by atoms with Crippen LogP contribution in [0.4, 0.5) is 5.95 Å². The van der Waals surface area contributed by atoms with Gasteiger partial charge in [0.15, 0.2) is 11.0 Å². The van der Waals surface area contributed by atoms with Gasteiger partial charge in [-0.1, -0.05) is 23.9 Å². The first kappa shape index (κ1) is 11.7. The summed E-state index contributed by atoms with van der Waals surface area (Å²) in [7, 11) is 0. The van der Waals surface area contributed by atoms with E-state index in [1.807, 2.05) is 25.3 Å². The molecule has 0 aliphatic heterocycles. The molecule has 0 bridgehead atoms. The number of nitrogens with zero attached hydrogens (tertiary/aromatic N) is 3. The first-order valence-corrected chi connectivity index (χ1v) is 6.18. The summed E-state index contributed by atoms with van der Waals surface area (Å²) in [4.78, 5) is 12.3. The highest BCUT2D eigenvalue weighted by Crippen LogP contribution is 2.24. The molecule has 2 rings (SSSR count). The number of aromatic nitrogens is 3. The van der Waals surface area contributed by atoms with Crippen molar-refractivity contribution in [2.45, 2.75) is 12.1 Å². The van der Waals surface area contributed by atoms with Crippen LogP contribution < -0.4 is 5.73 Å². The normalized spacial score (nSPS) is 10.5. The minimum absolute atomic E-state index is 0.180. The largest absolute Gasteiger partial charge is 0.508 e. The molecule has 0 amide bonds. The van der Waals surface area contributed by atoms with E-state index in [9.17, 15) is 5.11 Å². The standard InChI is InChI=1S/C11H12N4OS/c1-6-3-4-7(5-8(6)16)9-13-10(12)15-11(14-9)17-2/h3-5,16H,1-2H3,(H2,12,13,14,15). The maximum Gasteiger partial charge on any atom is 0.224 e. The van der Waals surface area contributed by atoms with Crippen LogP contribution in [0.1, 0.15) is 5.56 Å². The molecular formula is C11H12N4OS. The van der Waals surface area contributed by atoms with Gasteiger partial charge in [-0.2, -0.15) is 9.97 Å². The molecule has 1 aromatic carbocycles. The number of aryl methyl sites for hydroxylation is 1. The summed E-state index contributed by atoms with van der Waals surface area (Å²) in [6.45, 7) is 1.83. The van der Waals surface area contributed by atoms with Crippen LogP contribution in [-0.4, -0.2) is 26.3 Å². The summed E-state index contributed by atoms with van der Waals surface area (Å²) in [6, 6.07) is 5.27. The minimum atomic E-state index is 0.180. The molecule has 88 valence electrons. The average molecular weight is 248 g/mol. The second-order valence-electron chi connectivity index (χ2n) is 3.51. The molecule has 17 heavy (non-hydrogen) atoms. The Hall–Kier alpha value is -1.82. The van der Waals surface area contributed by atoms with Crippen molar-refractivity contribution in [3.8, 4) is 17.1 Å². The number of nitrogen functional groups attached to an aromatic ring is 1. The predicted octanol–water partition coefficient (Wildman–Crippen LogP) is 1.86. The molecule has 0 aliphatic carbocycles. The third-order valence-electron chi connectivity index (χ3n) is 2.28. The van der Waals surface area contributed by atoms with E-state index in [-0.39, 0.29) is 11.7 Å². The lowest BCUT2D eigenvalue weighted by Crippen LogP contribution is -2.01. The van der Waals surface area contributed by atoms with Crippen LogP contribution in [0.15, 0.2) is 23.4 Å². The highest BCUT2D eigenvalue weighted by Gasteiger charge is 2.07. The molecule has 3 N–H and O–H groups in total. The first-order valence-electron chi connectivity index (χ1n) is 4.95. The molecule has 0 aliphatic rings. The Morgan fingerprint density at radius 1 is 1.24 bits per heavy atom. The van der Waals surface area contributed by atoms with Crippen LogP contribution in [-0.2, 0) is 0 Å². The van der Waals surface area contributed by atoms with Gasteiger partial charge < -0.3 is 10.8 Å². The Bertz CT molecular complexity index is 559. The van der Waals surface area contributed by atoms with E-state index >= 15 is 0 Å². The third-order valence-corrected chi connectivity index (χ3v) is 2.83. The summed E-state index contributed by atoms with van der Waals surface area (Å²) < 4.78 is 0. The Morgan fingerprint density at radius 3 is 2.65 bits per heavy atom. The van der Waals surface area contributed by atoms with Gasteiger partial charge in [-0.15, -0.1) is 0 Å². The van der Waals surface area contributed by atoms with Crippen LogP contribution in [0, 0.1) is 6.92 Å². The Labute approximate surface area is 103 Å². The topological polar surface area (TPSA) is 84.9 Å². The van der Waals surface area contributed by atoms with Crippen LogP contribution in [0.5, 0.6) is 5.75 Å². The zero-order chi connectivity index (χ0) is 12.4. The number of anilines is 1. The van der Waals surface area contributed by atoms with Crippen molar-refractivity contribution in [3.63, 3.8) is 0 Å². The first-order chi connectivity index (χ1) is 8.10. The zero-order valence-electron chi connectivity index (χ0n) is 9.51. The number of thioether (sulfide) groups is 1. The number of hydrogen-bond donors (Lipinski definition) is 2. The van der Waals surface area contributed by atoms with Crippen LogP contribution in [0.3, 0.4) is 0 Å².